The van der Waals surface area contributed by atoms with Gasteiger partial charge in [0.2, 0.25) is 0 Å². The van der Waals surface area contributed by atoms with Gasteiger partial charge in [0, 0.05) is 12.8 Å². The molecule has 1 aromatic heterocycles. The van der Waals surface area contributed by atoms with Gasteiger partial charge in [-0.05, 0) is 23.8 Å². The first kappa shape index (κ1) is 14.9. The van der Waals surface area contributed by atoms with E-state index >= 15 is 0 Å². The second-order valence-electron chi connectivity index (χ2n) is 4.05. The van der Waals surface area contributed by atoms with Gasteiger partial charge in [0.25, 0.3) is 0 Å². The molecule has 2 aromatic rings. The smallest absolute Gasteiger partial charge is 0.161 e. The molecule has 0 bridgehead atoms. The monoisotopic (exact) mass is 312 g/mol. The van der Waals surface area contributed by atoms with Crippen LogP contribution in [0, 0.1) is 0 Å². The van der Waals surface area contributed by atoms with Crippen molar-refractivity contribution in [2.24, 2.45) is 5.84 Å². The summed E-state index contributed by atoms with van der Waals surface area (Å²) < 4.78 is 5.10. The Kier molecular flexibility index (Phi) is 5.03. The lowest BCUT2D eigenvalue weighted by Crippen LogP contribution is -2.10. The van der Waals surface area contributed by atoms with Crippen molar-refractivity contribution in [3.05, 3.63) is 45.9 Å². The number of benzene rings is 1. The molecular formula is C13H14Cl2N4O. The van der Waals surface area contributed by atoms with E-state index in [0.29, 0.717) is 28.3 Å². The fraction of sp³-hybridized carbons (Fsp3) is 0.154. The minimum Gasteiger partial charge on any atom is -0.380 e. The number of anilines is 3. The third kappa shape index (κ3) is 3.52. The zero-order chi connectivity index (χ0) is 14.5. The number of hydrogen-bond donors (Lipinski definition) is 3. The van der Waals surface area contributed by atoms with E-state index in [9.17, 15) is 0 Å². The number of halogens is 2. The number of ether oxygens (including phenoxy) is 1. The summed E-state index contributed by atoms with van der Waals surface area (Å²) in [5, 5.41) is 3.89. The molecule has 5 nitrogen and oxygen atoms in total. The van der Waals surface area contributed by atoms with Crippen molar-refractivity contribution in [3.63, 3.8) is 0 Å². The standard InChI is InChI=1S/C13H14Cl2N4O/c1-20-7-8-3-2-4-9(5-8)17-12-10(14)6-11(15)13(18-12)19-16/h2-6H,7,16H2,1H3,(H2,17,18,19). The van der Waals surface area contributed by atoms with E-state index in [-0.39, 0.29) is 0 Å². The first-order chi connectivity index (χ1) is 9.63. The molecule has 0 unspecified atom stereocenters. The van der Waals surface area contributed by atoms with Crippen LogP contribution < -0.4 is 16.6 Å². The first-order valence-corrected chi connectivity index (χ1v) is 6.57. The van der Waals surface area contributed by atoms with Crippen LogP contribution >= 0.6 is 23.2 Å². The molecule has 2 rings (SSSR count). The van der Waals surface area contributed by atoms with Crippen molar-refractivity contribution in [3.8, 4) is 0 Å². The Balaban J connectivity index is 2.27. The van der Waals surface area contributed by atoms with Crippen molar-refractivity contribution < 1.29 is 4.74 Å². The highest BCUT2D eigenvalue weighted by Crippen LogP contribution is 2.30. The average molecular weight is 313 g/mol. The van der Waals surface area contributed by atoms with Crippen LogP contribution in [0.1, 0.15) is 5.56 Å². The quantitative estimate of drug-likeness (QED) is 0.581. The summed E-state index contributed by atoms with van der Waals surface area (Å²) in [6.07, 6.45) is 0. The van der Waals surface area contributed by atoms with Gasteiger partial charge < -0.3 is 15.5 Å². The molecule has 4 N–H and O–H groups in total. The Hall–Kier alpha value is -1.53. The van der Waals surface area contributed by atoms with Crippen molar-refractivity contribution in [1.82, 2.24) is 4.98 Å². The highest BCUT2D eigenvalue weighted by atomic mass is 35.5. The van der Waals surface area contributed by atoms with Crippen LogP contribution in [0.15, 0.2) is 30.3 Å². The number of nitrogens with one attached hydrogen (secondary N) is 2. The predicted octanol–water partition coefficient (Wildman–Crippen LogP) is 3.56. The second-order valence-corrected chi connectivity index (χ2v) is 4.87. The summed E-state index contributed by atoms with van der Waals surface area (Å²) in [6, 6.07) is 9.32. The van der Waals surface area contributed by atoms with Gasteiger partial charge in [0.05, 0.1) is 16.7 Å². The average Bonchev–Trinajstić information content (AvgIpc) is 2.43. The molecule has 0 spiro atoms. The van der Waals surface area contributed by atoms with Crippen molar-refractivity contribution in [1.29, 1.82) is 0 Å². The van der Waals surface area contributed by atoms with Gasteiger partial charge in [0.15, 0.2) is 11.6 Å². The first-order valence-electron chi connectivity index (χ1n) is 5.81. The van der Waals surface area contributed by atoms with E-state index in [1.54, 1.807) is 13.2 Å². The molecule has 0 saturated carbocycles. The molecule has 0 aliphatic carbocycles. The number of pyridine rings is 1. The van der Waals surface area contributed by atoms with Crippen LogP contribution in [0.2, 0.25) is 10.0 Å². The van der Waals surface area contributed by atoms with Gasteiger partial charge in [-0.1, -0.05) is 35.3 Å². The largest absolute Gasteiger partial charge is 0.380 e. The van der Waals surface area contributed by atoms with Crippen LogP contribution in [-0.4, -0.2) is 12.1 Å². The summed E-state index contributed by atoms with van der Waals surface area (Å²) in [7, 11) is 1.65. The van der Waals surface area contributed by atoms with Gasteiger partial charge in [-0.25, -0.2) is 10.8 Å². The normalized spacial score (nSPS) is 10.4. The lowest BCUT2D eigenvalue weighted by Gasteiger charge is -2.11. The fourth-order valence-corrected chi connectivity index (χ4v) is 2.16. The fourth-order valence-electron chi connectivity index (χ4n) is 1.70. The highest BCUT2D eigenvalue weighted by Gasteiger charge is 2.09. The number of aromatic nitrogens is 1. The van der Waals surface area contributed by atoms with E-state index in [2.05, 4.69) is 15.7 Å². The highest BCUT2D eigenvalue weighted by molar-refractivity contribution is 6.37. The molecule has 1 aromatic carbocycles. The van der Waals surface area contributed by atoms with Gasteiger partial charge in [-0.15, -0.1) is 0 Å². The Morgan fingerprint density at radius 1 is 1.20 bits per heavy atom. The maximum Gasteiger partial charge on any atom is 0.161 e. The predicted molar refractivity (Wildman–Crippen MR) is 82.5 cm³/mol. The number of hydrazine groups is 1. The van der Waals surface area contributed by atoms with E-state index < -0.39 is 0 Å². The number of nitrogen functional groups attached to an aromatic ring is 1. The minimum absolute atomic E-state index is 0.353. The molecule has 1 heterocycles. The molecule has 0 aliphatic rings. The van der Waals surface area contributed by atoms with E-state index in [1.165, 1.54) is 0 Å². The third-order valence-electron chi connectivity index (χ3n) is 2.57. The van der Waals surface area contributed by atoms with Gasteiger partial charge in [-0.2, -0.15) is 0 Å². The van der Waals surface area contributed by atoms with Crippen LogP contribution in [0.5, 0.6) is 0 Å². The Labute approximate surface area is 127 Å². The summed E-state index contributed by atoms with van der Waals surface area (Å²) >= 11 is 12.0. The number of methoxy groups -OCH3 is 1. The van der Waals surface area contributed by atoms with Crippen LogP contribution in [0.3, 0.4) is 0 Å². The zero-order valence-corrected chi connectivity index (χ0v) is 12.3. The lowest BCUT2D eigenvalue weighted by atomic mass is 10.2. The Morgan fingerprint density at radius 2 is 1.95 bits per heavy atom. The van der Waals surface area contributed by atoms with Crippen molar-refractivity contribution in [2.45, 2.75) is 6.61 Å². The minimum atomic E-state index is 0.353. The van der Waals surface area contributed by atoms with Gasteiger partial charge >= 0.3 is 0 Å². The molecule has 0 saturated heterocycles. The third-order valence-corrected chi connectivity index (χ3v) is 3.14. The van der Waals surface area contributed by atoms with E-state index in [4.69, 9.17) is 33.8 Å². The molecule has 0 radical (unpaired) electrons. The van der Waals surface area contributed by atoms with Crippen molar-refractivity contribution in [2.75, 3.05) is 17.9 Å². The zero-order valence-electron chi connectivity index (χ0n) is 10.8. The van der Waals surface area contributed by atoms with Crippen LogP contribution in [-0.2, 0) is 11.3 Å². The summed E-state index contributed by atoms with van der Waals surface area (Å²) in [4.78, 5) is 4.22. The van der Waals surface area contributed by atoms with Crippen LogP contribution in [0.25, 0.3) is 0 Å². The maximum absolute atomic E-state index is 6.11. The molecule has 106 valence electrons. The number of nitrogens with zero attached hydrogens (tertiary/aromatic N) is 1. The second kappa shape index (κ2) is 6.76. The summed E-state index contributed by atoms with van der Waals surface area (Å²) in [6.45, 7) is 0.535. The van der Waals surface area contributed by atoms with Gasteiger partial charge in [0.1, 0.15) is 0 Å². The molecule has 0 aliphatic heterocycles. The summed E-state index contributed by atoms with van der Waals surface area (Å²) in [5.74, 6) is 6.17. The number of nitrogens with two attached hydrogens (primary N) is 1. The van der Waals surface area contributed by atoms with E-state index in [0.717, 1.165) is 11.3 Å². The van der Waals surface area contributed by atoms with Gasteiger partial charge in [-0.3, -0.25) is 0 Å². The summed E-state index contributed by atoms with van der Waals surface area (Å²) in [5.41, 5.74) is 4.31. The Bertz CT molecular complexity index is 607. The molecular weight excluding hydrogens is 299 g/mol. The molecule has 0 atom stereocenters. The SMILES string of the molecule is COCc1cccc(Nc2nc(NN)c(Cl)cc2Cl)c1. The van der Waals surface area contributed by atoms with Crippen molar-refractivity contribution >= 4 is 40.5 Å². The topological polar surface area (TPSA) is 72.2 Å². The van der Waals surface area contributed by atoms with Crippen LogP contribution in [0.4, 0.5) is 17.3 Å². The number of rotatable bonds is 5. The molecule has 7 heteroatoms. The molecule has 20 heavy (non-hydrogen) atoms. The van der Waals surface area contributed by atoms with E-state index in [1.807, 2.05) is 24.3 Å². The molecule has 0 amide bonds. The lowest BCUT2D eigenvalue weighted by molar-refractivity contribution is 0.185. The Morgan fingerprint density at radius 3 is 2.65 bits per heavy atom. The maximum atomic E-state index is 6.11. The number of hydrogen-bond acceptors (Lipinski definition) is 5. The molecule has 0 fully saturated rings.